The third kappa shape index (κ3) is 5.28. The molecule has 258 valence electrons. The second kappa shape index (κ2) is 13.0. The lowest BCUT2D eigenvalue weighted by molar-refractivity contribution is 1.18. The van der Waals surface area contributed by atoms with Crippen molar-refractivity contribution in [3.05, 3.63) is 187 Å². The molecule has 0 aliphatic carbocycles. The van der Waals surface area contributed by atoms with Crippen LogP contribution >= 0.6 is 0 Å². The van der Waals surface area contributed by atoms with Gasteiger partial charge in [0.25, 0.3) is 0 Å². The normalized spacial score (nSPS) is 11.2. The van der Waals surface area contributed by atoms with Gasteiger partial charge in [-0.3, -0.25) is 0 Å². The van der Waals surface area contributed by atoms with Gasteiger partial charge in [-0.05, 0) is 120 Å². The monoisotopic (exact) mass is 712 g/mol. The fraction of sp³-hybridized carbons (Fsp3) is 0. The Balaban J connectivity index is 1.24. The van der Waals surface area contributed by atoms with Crippen molar-refractivity contribution in [2.75, 3.05) is 0 Å². The number of nitriles is 3. The molecule has 0 saturated heterocycles. The van der Waals surface area contributed by atoms with Crippen molar-refractivity contribution in [3.63, 3.8) is 0 Å². The fourth-order valence-electron chi connectivity index (χ4n) is 8.01. The Morgan fingerprint density at radius 1 is 0.339 bits per heavy atom. The Hall–Kier alpha value is -8.24. The molecule has 0 atom stereocenters. The number of nitrogens with zero attached hydrogens (tertiary/aromatic N) is 6. The molecular formula is C50H28N6. The minimum absolute atomic E-state index is 0.554. The van der Waals surface area contributed by atoms with Gasteiger partial charge < -0.3 is 9.13 Å². The number of rotatable bonds is 5. The number of hydrogen-bond donors (Lipinski definition) is 0. The number of pyridine rings is 1. The van der Waals surface area contributed by atoms with E-state index in [9.17, 15) is 15.8 Å². The van der Waals surface area contributed by atoms with Crippen molar-refractivity contribution in [3.8, 4) is 63.2 Å². The molecule has 0 amide bonds. The second-order valence-electron chi connectivity index (χ2n) is 13.8. The third-order valence-corrected chi connectivity index (χ3v) is 10.6. The molecular weight excluding hydrogens is 685 g/mol. The van der Waals surface area contributed by atoms with Crippen LogP contribution < -0.4 is 0 Å². The van der Waals surface area contributed by atoms with Crippen LogP contribution in [0, 0.1) is 34.0 Å². The summed E-state index contributed by atoms with van der Waals surface area (Å²) in [6.45, 7) is 0. The number of fused-ring (bicyclic) bond motifs is 6. The van der Waals surface area contributed by atoms with Crippen LogP contribution in [0.15, 0.2) is 170 Å². The molecule has 3 heterocycles. The molecule has 10 rings (SSSR count). The molecule has 6 heteroatoms. The topological polar surface area (TPSA) is 94.1 Å². The number of benzene rings is 7. The van der Waals surface area contributed by atoms with E-state index in [1.807, 2.05) is 78.9 Å². The lowest BCUT2D eigenvalue weighted by atomic mass is 9.98. The zero-order valence-corrected chi connectivity index (χ0v) is 29.8. The van der Waals surface area contributed by atoms with Gasteiger partial charge in [0.05, 0.1) is 68.4 Å². The molecule has 0 aliphatic heterocycles. The van der Waals surface area contributed by atoms with Crippen molar-refractivity contribution < 1.29 is 0 Å². The average molecular weight is 713 g/mol. The minimum Gasteiger partial charge on any atom is -0.309 e. The molecule has 6 nitrogen and oxygen atoms in total. The van der Waals surface area contributed by atoms with Crippen LogP contribution in [0.2, 0.25) is 0 Å². The maximum absolute atomic E-state index is 9.83. The fourth-order valence-corrected chi connectivity index (χ4v) is 8.01. The van der Waals surface area contributed by atoms with Gasteiger partial charge in [-0.2, -0.15) is 15.8 Å². The molecule has 7 aromatic carbocycles. The van der Waals surface area contributed by atoms with Crippen molar-refractivity contribution in [1.82, 2.24) is 14.1 Å². The smallest absolute Gasteiger partial charge is 0.0991 e. The van der Waals surface area contributed by atoms with Crippen molar-refractivity contribution in [2.24, 2.45) is 0 Å². The summed E-state index contributed by atoms with van der Waals surface area (Å²) in [7, 11) is 0. The largest absolute Gasteiger partial charge is 0.309 e. The van der Waals surface area contributed by atoms with E-state index in [0.717, 1.165) is 83.2 Å². The summed E-state index contributed by atoms with van der Waals surface area (Å²) in [5, 5.41) is 33.4. The number of para-hydroxylation sites is 2. The van der Waals surface area contributed by atoms with E-state index in [0.29, 0.717) is 16.7 Å². The second-order valence-corrected chi connectivity index (χ2v) is 13.8. The summed E-state index contributed by atoms with van der Waals surface area (Å²) >= 11 is 0. The highest BCUT2D eigenvalue weighted by atomic mass is 15.0. The van der Waals surface area contributed by atoms with Gasteiger partial charge >= 0.3 is 0 Å². The molecule has 0 unspecified atom stereocenters. The van der Waals surface area contributed by atoms with Crippen molar-refractivity contribution in [1.29, 1.82) is 15.8 Å². The Kier molecular flexibility index (Phi) is 7.53. The summed E-state index contributed by atoms with van der Waals surface area (Å²) < 4.78 is 4.52. The van der Waals surface area contributed by atoms with Crippen LogP contribution in [0.5, 0.6) is 0 Å². The van der Waals surface area contributed by atoms with E-state index >= 15 is 0 Å². The molecule has 56 heavy (non-hydrogen) atoms. The predicted molar refractivity (Wildman–Crippen MR) is 223 cm³/mol. The first kappa shape index (κ1) is 32.4. The first-order valence-electron chi connectivity index (χ1n) is 18.2. The number of hydrogen-bond acceptors (Lipinski definition) is 4. The molecule has 0 fully saturated rings. The molecule has 10 aromatic rings. The summed E-state index contributed by atoms with van der Waals surface area (Å²) in [6, 6.07) is 63.9. The Labute approximate surface area is 322 Å². The van der Waals surface area contributed by atoms with Crippen LogP contribution in [0.4, 0.5) is 0 Å². The Morgan fingerprint density at radius 3 is 1.61 bits per heavy atom. The Morgan fingerprint density at radius 2 is 0.893 bits per heavy atom. The van der Waals surface area contributed by atoms with Crippen LogP contribution in [-0.2, 0) is 0 Å². The maximum atomic E-state index is 9.83. The van der Waals surface area contributed by atoms with E-state index in [1.54, 1.807) is 6.07 Å². The summed E-state index contributed by atoms with van der Waals surface area (Å²) in [6.07, 6.45) is 0. The van der Waals surface area contributed by atoms with E-state index < -0.39 is 0 Å². The Bertz CT molecular complexity index is 3280. The summed E-state index contributed by atoms with van der Waals surface area (Å²) in [4.78, 5) is 5.15. The molecule has 0 saturated carbocycles. The quantitative estimate of drug-likeness (QED) is 0.177. The highest BCUT2D eigenvalue weighted by molar-refractivity contribution is 6.11. The predicted octanol–water partition coefficient (Wildman–Crippen LogP) is 11.9. The highest BCUT2D eigenvalue weighted by Gasteiger charge is 2.18. The molecule has 0 spiro atoms. The van der Waals surface area contributed by atoms with Gasteiger partial charge in [0.2, 0.25) is 0 Å². The van der Waals surface area contributed by atoms with Gasteiger partial charge in [-0.15, -0.1) is 0 Å². The summed E-state index contributed by atoms with van der Waals surface area (Å²) in [5.74, 6) is 0. The molecule has 0 bridgehead atoms. The SMILES string of the molecule is N#Cc1cccc(-c2cccc(-c3cc(-c4ccc5c(c4)c4ccccc4n5-c4ccccc4)cc(-n4c5ccc(C#N)cc5c5cc(C#N)ccc54)c3)n2)c1. The maximum Gasteiger partial charge on any atom is 0.0991 e. The molecule has 0 N–H and O–H groups in total. The third-order valence-electron chi connectivity index (χ3n) is 10.6. The van der Waals surface area contributed by atoms with Crippen LogP contribution in [0.25, 0.3) is 88.6 Å². The number of aromatic nitrogens is 3. The van der Waals surface area contributed by atoms with Crippen LogP contribution in [0.1, 0.15) is 16.7 Å². The van der Waals surface area contributed by atoms with E-state index in [2.05, 4.69) is 112 Å². The van der Waals surface area contributed by atoms with Crippen molar-refractivity contribution >= 4 is 43.6 Å². The van der Waals surface area contributed by atoms with E-state index in [4.69, 9.17) is 4.98 Å². The van der Waals surface area contributed by atoms with Crippen LogP contribution in [0.3, 0.4) is 0 Å². The molecule has 3 aromatic heterocycles. The van der Waals surface area contributed by atoms with Gasteiger partial charge in [-0.25, -0.2) is 4.98 Å². The zero-order chi connectivity index (χ0) is 37.8. The molecule has 0 radical (unpaired) electrons. The van der Waals surface area contributed by atoms with E-state index in [1.165, 1.54) is 5.39 Å². The van der Waals surface area contributed by atoms with E-state index in [-0.39, 0.29) is 0 Å². The van der Waals surface area contributed by atoms with Crippen LogP contribution in [-0.4, -0.2) is 14.1 Å². The molecule has 0 aliphatic rings. The standard InChI is InChI=1S/C50H28N6/c51-29-32-8-6-9-36(22-32)45-13-7-14-46(54-45)38-25-37(35-18-21-50-44(28-35)41-12-4-5-15-47(41)55(50)39-10-2-1-3-11-39)26-40(27-38)56-48-19-16-33(30-52)23-42(48)43-24-34(31-53)17-20-49(43)56/h1-28H. The van der Waals surface area contributed by atoms with Gasteiger partial charge in [0.1, 0.15) is 0 Å². The first-order chi connectivity index (χ1) is 27.6. The van der Waals surface area contributed by atoms with Gasteiger partial charge in [0, 0.05) is 44.0 Å². The van der Waals surface area contributed by atoms with Gasteiger partial charge in [-0.1, -0.05) is 60.7 Å². The minimum atomic E-state index is 0.554. The lowest BCUT2D eigenvalue weighted by Gasteiger charge is -2.15. The first-order valence-corrected chi connectivity index (χ1v) is 18.2. The highest BCUT2D eigenvalue weighted by Crippen LogP contribution is 2.39. The zero-order valence-electron chi connectivity index (χ0n) is 29.8. The average Bonchev–Trinajstić information content (AvgIpc) is 3.78. The summed E-state index contributed by atoms with van der Waals surface area (Å²) in [5.41, 5.74) is 13.2. The van der Waals surface area contributed by atoms with Crippen molar-refractivity contribution in [2.45, 2.75) is 0 Å². The lowest BCUT2D eigenvalue weighted by Crippen LogP contribution is -1.97. The van der Waals surface area contributed by atoms with Gasteiger partial charge in [0.15, 0.2) is 0 Å².